The van der Waals surface area contributed by atoms with Crippen LogP contribution in [0.5, 0.6) is 0 Å². The number of hydrogen-bond acceptors (Lipinski definition) is 6. The Morgan fingerprint density at radius 3 is 1.70 bits per heavy atom. The van der Waals surface area contributed by atoms with E-state index in [4.69, 9.17) is 23.4 Å². The molecule has 6 nitrogen and oxygen atoms in total. The Kier molecular flexibility index (Phi) is 18.5. The van der Waals surface area contributed by atoms with Crippen molar-refractivity contribution in [3.63, 3.8) is 0 Å². The van der Waals surface area contributed by atoms with Crippen molar-refractivity contribution in [1.29, 1.82) is 0 Å². The van der Waals surface area contributed by atoms with Crippen molar-refractivity contribution in [2.24, 2.45) is 0 Å². The van der Waals surface area contributed by atoms with Crippen molar-refractivity contribution >= 4 is 14.3 Å². The van der Waals surface area contributed by atoms with Crippen LogP contribution in [0.25, 0.3) is 0 Å². The summed E-state index contributed by atoms with van der Waals surface area (Å²) in [5, 5.41) is 0. The summed E-state index contributed by atoms with van der Waals surface area (Å²) in [6, 6.07) is 0. The van der Waals surface area contributed by atoms with Gasteiger partial charge in [0.15, 0.2) is 8.32 Å². The van der Waals surface area contributed by atoms with E-state index in [1.807, 2.05) is 0 Å². The SMILES string of the molecule is CCCCCCCCC(=O)OCCOCCOCCOCCO[Si](C)(C)C. The molecule has 0 aromatic carbocycles. The summed E-state index contributed by atoms with van der Waals surface area (Å²) in [5.74, 6) is -0.124. The molecule has 27 heavy (non-hydrogen) atoms. The quantitative estimate of drug-likeness (QED) is 0.172. The lowest BCUT2D eigenvalue weighted by molar-refractivity contribution is -0.145. The van der Waals surface area contributed by atoms with Crippen LogP contribution in [0.4, 0.5) is 0 Å². The lowest BCUT2D eigenvalue weighted by Crippen LogP contribution is -2.27. The van der Waals surface area contributed by atoms with Crippen molar-refractivity contribution in [2.75, 3.05) is 52.9 Å². The fourth-order valence-corrected chi connectivity index (χ4v) is 2.98. The molecule has 0 fully saturated rings. The monoisotopic (exact) mass is 406 g/mol. The van der Waals surface area contributed by atoms with Crippen molar-refractivity contribution in [1.82, 2.24) is 0 Å². The number of carbonyl (C=O) groups is 1. The largest absolute Gasteiger partial charge is 0.463 e. The molecule has 0 amide bonds. The molecule has 0 atom stereocenters. The van der Waals surface area contributed by atoms with Gasteiger partial charge in [-0.25, -0.2) is 0 Å². The maximum absolute atomic E-state index is 11.5. The van der Waals surface area contributed by atoms with Crippen LogP contribution in [-0.2, 0) is 28.2 Å². The second-order valence-corrected chi connectivity index (χ2v) is 12.0. The molecule has 0 aromatic rings. The van der Waals surface area contributed by atoms with Crippen LogP contribution >= 0.6 is 0 Å². The van der Waals surface area contributed by atoms with E-state index in [2.05, 4.69) is 26.6 Å². The van der Waals surface area contributed by atoms with Crippen molar-refractivity contribution in [2.45, 2.75) is 71.5 Å². The predicted molar refractivity (Wildman–Crippen MR) is 111 cm³/mol. The van der Waals surface area contributed by atoms with Gasteiger partial charge in [-0.1, -0.05) is 39.0 Å². The molecule has 0 heterocycles. The van der Waals surface area contributed by atoms with Crippen molar-refractivity contribution in [3.8, 4) is 0 Å². The minimum absolute atomic E-state index is 0.124. The van der Waals surface area contributed by atoms with Gasteiger partial charge in [0.25, 0.3) is 0 Å². The first-order valence-corrected chi connectivity index (χ1v) is 13.9. The first-order chi connectivity index (χ1) is 13.0. The maximum atomic E-state index is 11.5. The zero-order chi connectivity index (χ0) is 20.2. The summed E-state index contributed by atoms with van der Waals surface area (Å²) in [6.07, 6.45) is 7.54. The molecule has 0 bridgehead atoms. The lowest BCUT2D eigenvalue weighted by Gasteiger charge is -2.16. The van der Waals surface area contributed by atoms with Gasteiger partial charge in [-0.15, -0.1) is 0 Å². The van der Waals surface area contributed by atoms with Crippen molar-refractivity contribution in [3.05, 3.63) is 0 Å². The smallest absolute Gasteiger partial charge is 0.305 e. The van der Waals surface area contributed by atoms with Gasteiger partial charge >= 0.3 is 5.97 Å². The van der Waals surface area contributed by atoms with E-state index < -0.39 is 8.32 Å². The minimum Gasteiger partial charge on any atom is -0.463 e. The zero-order valence-corrected chi connectivity index (χ0v) is 19.1. The Hall–Kier alpha value is -0.473. The van der Waals surface area contributed by atoms with Crippen LogP contribution in [0.3, 0.4) is 0 Å². The normalized spacial score (nSPS) is 11.7. The molecule has 0 radical (unpaired) electrons. The first kappa shape index (κ1) is 26.5. The van der Waals surface area contributed by atoms with Gasteiger partial charge in [-0.3, -0.25) is 4.79 Å². The van der Waals surface area contributed by atoms with E-state index in [9.17, 15) is 4.79 Å². The number of carbonyl (C=O) groups excluding carboxylic acids is 1. The molecule has 0 rings (SSSR count). The maximum Gasteiger partial charge on any atom is 0.305 e. The summed E-state index contributed by atoms with van der Waals surface area (Å²) < 4.78 is 27.1. The fraction of sp³-hybridized carbons (Fsp3) is 0.950. The fourth-order valence-electron chi connectivity index (χ4n) is 2.28. The molecular formula is C20H42O6Si. The lowest BCUT2D eigenvalue weighted by atomic mass is 10.1. The van der Waals surface area contributed by atoms with E-state index in [0.29, 0.717) is 59.3 Å². The molecular weight excluding hydrogens is 364 g/mol. The number of esters is 1. The average Bonchev–Trinajstić information content (AvgIpc) is 2.61. The van der Waals surface area contributed by atoms with Crippen molar-refractivity contribution < 1.29 is 28.2 Å². The van der Waals surface area contributed by atoms with E-state index in [1.54, 1.807) is 0 Å². The highest BCUT2D eigenvalue weighted by atomic mass is 28.4. The molecule has 0 unspecified atom stereocenters. The summed E-state index contributed by atoms with van der Waals surface area (Å²) in [7, 11) is -1.43. The van der Waals surface area contributed by atoms with Crippen LogP contribution in [0.2, 0.25) is 19.6 Å². The summed E-state index contributed by atoms with van der Waals surface area (Å²) in [4.78, 5) is 11.5. The second kappa shape index (κ2) is 18.9. The third-order valence-corrected chi connectivity index (χ3v) is 4.80. The Bertz CT molecular complexity index is 333. The molecule has 7 heteroatoms. The molecule has 0 aromatic heterocycles. The topological polar surface area (TPSA) is 63.2 Å². The molecule has 162 valence electrons. The number of rotatable bonds is 20. The van der Waals surface area contributed by atoms with Gasteiger partial charge in [-0.2, -0.15) is 0 Å². The Labute approximate surface area is 167 Å². The highest BCUT2D eigenvalue weighted by molar-refractivity contribution is 6.69. The molecule has 0 aliphatic heterocycles. The van der Waals surface area contributed by atoms with Gasteiger partial charge in [0, 0.05) is 6.42 Å². The summed E-state index contributed by atoms with van der Waals surface area (Å²) in [5.41, 5.74) is 0. The van der Waals surface area contributed by atoms with Crippen LogP contribution in [-0.4, -0.2) is 67.1 Å². The second-order valence-electron chi connectivity index (χ2n) is 7.54. The molecule has 0 aliphatic carbocycles. The van der Waals surface area contributed by atoms with E-state index >= 15 is 0 Å². The Balaban J connectivity index is 3.17. The molecule has 0 N–H and O–H groups in total. The molecule has 0 saturated carbocycles. The van der Waals surface area contributed by atoms with E-state index in [1.165, 1.54) is 25.7 Å². The van der Waals surface area contributed by atoms with E-state index in [0.717, 1.165) is 12.8 Å². The number of ether oxygens (including phenoxy) is 4. The molecule has 0 aliphatic rings. The Morgan fingerprint density at radius 2 is 1.15 bits per heavy atom. The first-order valence-electron chi connectivity index (χ1n) is 10.5. The third-order valence-electron chi connectivity index (χ3n) is 3.73. The van der Waals surface area contributed by atoms with Crippen LogP contribution in [0.15, 0.2) is 0 Å². The highest BCUT2D eigenvalue weighted by Crippen LogP contribution is 2.07. The van der Waals surface area contributed by atoms with Crippen LogP contribution < -0.4 is 0 Å². The summed E-state index contributed by atoms with van der Waals surface area (Å²) in [6.45, 7) is 12.8. The predicted octanol–water partition coefficient (Wildman–Crippen LogP) is 4.18. The van der Waals surface area contributed by atoms with Gasteiger partial charge < -0.3 is 23.4 Å². The van der Waals surface area contributed by atoms with Gasteiger partial charge in [0.05, 0.1) is 46.2 Å². The third kappa shape index (κ3) is 23.5. The van der Waals surface area contributed by atoms with Gasteiger partial charge in [0.2, 0.25) is 0 Å². The number of unbranched alkanes of at least 4 members (excludes halogenated alkanes) is 5. The minimum atomic E-state index is -1.43. The molecule has 0 spiro atoms. The van der Waals surface area contributed by atoms with E-state index in [-0.39, 0.29) is 5.97 Å². The average molecular weight is 407 g/mol. The standard InChI is InChI=1S/C20H42O6Si/c1-5-6-7-8-9-10-11-20(21)25-18-16-23-14-12-22-13-15-24-17-19-26-27(2,3)4/h5-19H2,1-4H3. The Morgan fingerprint density at radius 1 is 0.667 bits per heavy atom. The highest BCUT2D eigenvalue weighted by Gasteiger charge is 2.13. The van der Waals surface area contributed by atoms with Gasteiger partial charge in [0.1, 0.15) is 6.61 Å². The summed E-state index contributed by atoms with van der Waals surface area (Å²) >= 11 is 0. The number of hydrogen-bond donors (Lipinski definition) is 0. The van der Waals surface area contributed by atoms with Gasteiger partial charge in [-0.05, 0) is 26.1 Å². The zero-order valence-electron chi connectivity index (χ0n) is 18.1. The molecule has 0 saturated heterocycles. The van der Waals surface area contributed by atoms with Crippen LogP contribution in [0.1, 0.15) is 51.9 Å². The van der Waals surface area contributed by atoms with Crippen LogP contribution in [0, 0.1) is 0 Å².